The summed E-state index contributed by atoms with van der Waals surface area (Å²) in [6.07, 6.45) is 0. The predicted octanol–water partition coefficient (Wildman–Crippen LogP) is 4.35. The Morgan fingerprint density at radius 2 is 1.80 bits per heavy atom. The molecule has 0 atom stereocenters. The first-order valence-corrected chi connectivity index (χ1v) is 10.3. The number of nitrogens with zero attached hydrogens (tertiary/aromatic N) is 1. The van der Waals surface area contributed by atoms with Crippen LogP contribution in [-0.4, -0.2) is 42.0 Å². The monoisotopic (exact) mass is 484 g/mol. The number of aromatic nitrogens is 2. The van der Waals surface area contributed by atoms with Crippen LogP contribution in [0.3, 0.4) is 0 Å². The van der Waals surface area contributed by atoms with Crippen LogP contribution in [-0.2, 0) is 4.79 Å². The Morgan fingerprint density at radius 1 is 1.03 bits per heavy atom. The number of methoxy groups -OCH3 is 1. The van der Waals surface area contributed by atoms with Gasteiger partial charge in [0.15, 0.2) is 11.5 Å². The molecule has 0 aliphatic carbocycles. The molecule has 0 saturated heterocycles. The zero-order valence-corrected chi connectivity index (χ0v) is 18.3. The largest absolute Gasteiger partial charge is 0.493 e. The number of rotatable bonds is 8. The van der Waals surface area contributed by atoms with Crippen LogP contribution in [0.2, 0.25) is 0 Å². The lowest BCUT2D eigenvalue weighted by atomic mass is 10.2. The van der Waals surface area contributed by atoms with Crippen LogP contribution >= 0.6 is 0 Å². The van der Waals surface area contributed by atoms with Crippen molar-refractivity contribution in [3.05, 3.63) is 72.0 Å². The number of fused-ring (bicyclic) bond motifs is 1. The van der Waals surface area contributed by atoms with Crippen LogP contribution in [0.5, 0.6) is 11.5 Å². The predicted molar refractivity (Wildman–Crippen MR) is 122 cm³/mol. The molecule has 0 fully saturated rings. The highest BCUT2D eigenvalue weighted by Gasteiger charge is 2.15. The van der Waals surface area contributed by atoms with Crippen molar-refractivity contribution in [3.63, 3.8) is 0 Å². The highest BCUT2D eigenvalue weighted by molar-refractivity contribution is 6.00. The number of hydrogen-bond acceptors (Lipinski definition) is 5. The molecule has 35 heavy (non-hydrogen) atoms. The van der Waals surface area contributed by atoms with Gasteiger partial charge >= 0.3 is 6.61 Å². The van der Waals surface area contributed by atoms with E-state index >= 15 is 0 Å². The SMILES string of the molecule is COc1cc(C(=O)NCC(=O)Nc2ccc3nc(-c4ccc(F)cc4)[nH]c3c2)ccc1OC(F)F. The molecule has 0 saturated carbocycles. The fraction of sp³-hybridized carbons (Fsp3) is 0.125. The Kier molecular flexibility index (Phi) is 6.86. The number of imidazole rings is 1. The van der Waals surface area contributed by atoms with Gasteiger partial charge in [-0.2, -0.15) is 8.78 Å². The summed E-state index contributed by atoms with van der Waals surface area (Å²) in [4.78, 5) is 32.3. The van der Waals surface area contributed by atoms with Crippen LogP contribution in [0, 0.1) is 5.82 Å². The standard InChI is InChI=1S/C24H19F3N4O4/c1-34-20-10-14(4-9-19(20)35-24(26)27)23(33)28-12-21(32)29-16-7-8-17-18(11-16)31-22(30-17)13-2-5-15(25)6-3-13/h2-11,24H,12H2,1H3,(H,28,33)(H,29,32)(H,30,31). The quantitative estimate of drug-likeness (QED) is 0.345. The maximum Gasteiger partial charge on any atom is 0.387 e. The molecule has 0 unspecified atom stereocenters. The Balaban J connectivity index is 1.38. The number of aromatic amines is 1. The van der Waals surface area contributed by atoms with Gasteiger partial charge in [-0.3, -0.25) is 9.59 Å². The topological polar surface area (TPSA) is 105 Å². The van der Waals surface area contributed by atoms with E-state index in [1.165, 1.54) is 37.4 Å². The molecule has 1 heterocycles. The van der Waals surface area contributed by atoms with Crippen LogP contribution in [0.25, 0.3) is 22.4 Å². The molecule has 2 amide bonds. The Morgan fingerprint density at radius 3 is 2.51 bits per heavy atom. The number of ether oxygens (including phenoxy) is 2. The van der Waals surface area contributed by atoms with Crippen molar-refractivity contribution in [1.82, 2.24) is 15.3 Å². The smallest absolute Gasteiger partial charge is 0.387 e. The minimum atomic E-state index is -3.04. The van der Waals surface area contributed by atoms with E-state index in [-0.39, 0.29) is 29.4 Å². The summed E-state index contributed by atoms with van der Waals surface area (Å²) < 4.78 is 47.3. The van der Waals surface area contributed by atoms with Crippen molar-refractivity contribution in [2.45, 2.75) is 6.61 Å². The first kappa shape index (κ1) is 23.6. The number of nitrogens with one attached hydrogen (secondary N) is 3. The number of benzene rings is 3. The van der Waals surface area contributed by atoms with Gasteiger partial charge in [-0.1, -0.05) is 0 Å². The van der Waals surface area contributed by atoms with E-state index in [9.17, 15) is 22.8 Å². The van der Waals surface area contributed by atoms with Crippen molar-refractivity contribution < 1.29 is 32.2 Å². The number of carbonyl (C=O) groups excluding carboxylic acids is 2. The molecule has 0 spiro atoms. The molecule has 11 heteroatoms. The highest BCUT2D eigenvalue weighted by atomic mass is 19.3. The van der Waals surface area contributed by atoms with E-state index in [1.807, 2.05) is 0 Å². The minimum Gasteiger partial charge on any atom is -0.493 e. The van der Waals surface area contributed by atoms with Gasteiger partial charge in [-0.05, 0) is 60.7 Å². The number of alkyl halides is 2. The van der Waals surface area contributed by atoms with Crippen LogP contribution < -0.4 is 20.1 Å². The molecule has 0 bridgehead atoms. The zero-order valence-electron chi connectivity index (χ0n) is 18.3. The van der Waals surface area contributed by atoms with E-state index in [0.717, 1.165) is 0 Å². The third-order valence-electron chi connectivity index (χ3n) is 4.93. The summed E-state index contributed by atoms with van der Waals surface area (Å²) in [5.41, 5.74) is 2.60. The van der Waals surface area contributed by atoms with Gasteiger partial charge in [0.1, 0.15) is 11.6 Å². The van der Waals surface area contributed by atoms with Crippen LogP contribution in [0.1, 0.15) is 10.4 Å². The second-order valence-corrected chi connectivity index (χ2v) is 7.30. The Bertz CT molecular complexity index is 1370. The number of anilines is 1. The molecule has 3 aromatic carbocycles. The molecular formula is C24H19F3N4O4. The summed E-state index contributed by atoms with van der Waals surface area (Å²) in [5.74, 6) is -1.14. The van der Waals surface area contributed by atoms with Crippen molar-refractivity contribution in [1.29, 1.82) is 0 Å². The Labute approximate surface area is 197 Å². The van der Waals surface area contributed by atoms with E-state index in [1.54, 1.807) is 30.3 Å². The number of amides is 2. The molecule has 0 aliphatic rings. The van der Waals surface area contributed by atoms with Gasteiger partial charge in [0.05, 0.1) is 24.7 Å². The fourth-order valence-corrected chi connectivity index (χ4v) is 3.30. The number of carbonyl (C=O) groups is 2. The second-order valence-electron chi connectivity index (χ2n) is 7.30. The summed E-state index contributed by atoms with van der Waals surface area (Å²) in [7, 11) is 1.25. The van der Waals surface area contributed by atoms with Crippen molar-refractivity contribution in [2.75, 3.05) is 19.0 Å². The lowest BCUT2D eigenvalue weighted by Gasteiger charge is -2.11. The molecular weight excluding hydrogens is 465 g/mol. The maximum atomic E-state index is 13.1. The van der Waals surface area contributed by atoms with Gasteiger partial charge in [0, 0.05) is 16.8 Å². The van der Waals surface area contributed by atoms with Gasteiger partial charge in [0.25, 0.3) is 5.91 Å². The zero-order chi connectivity index (χ0) is 24.9. The average molecular weight is 484 g/mol. The molecule has 4 aromatic rings. The van der Waals surface area contributed by atoms with Crippen LogP contribution in [0.15, 0.2) is 60.7 Å². The average Bonchev–Trinajstić information content (AvgIpc) is 3.26. The summed E-state index contributed by atoms with van der Waals surface area (Å²) in [6, 6.07) is 14.6. The molecule has 3 N–H and O–H groups in total. The van der Waals surface area contributed by atoms with E-state index in [4.69, 9.17) is 4.74 Å². The molecule has 4 rings (SSSR count). The van der Waals surface area contributed by atoms with E-state index in [0.29, 0.717) is 28.1 Å². The highest BCUT2D eigenvalue weighted by Crippen LogP contribution is 2.29. The third kappa shape index (κ3) is 5.69. The third-order valence-corrected chi connectivity index (χ3v) is 4.93. The van der Waals surface area contributed by atoms with Gasteiger partial charge in [0.2, 0.25) is 5.91 Å². The van der Waals surface area contributed by atoms with Crippen LogP contribution in [0.4, 0.5) is 18.9 Å². The van der Waals surface area contributed by atoms with Crippen molar-refractivity contribution in [3.8, 4) is 22.9 Å². The molecule has 8 nitrogen and oxygen atoms in total. The van der Waals surface area contributed by atoms with E-state index < -0.39 is 18.4 Å². The van der Waals surface area contributed by atoms with Gasteiger partial charge in [-0.15, -0.1) is 0 Å². The van der Waals surface area contributed by atoms with Gasteiger partial charge in [-0.25, -0.2) is 9.37 Å². The lowest BCUT2D eigenvalue weighted by Crippen LogP contribution is -2.32. The summed E-state index contributed by atoms with van der Waals surface area (Å²) in [5, 5.41) is 5.12. The maximum absolute atomic E-state index is 13.1. The lowest BCUT2D eigenvalue weighted by molar-refractivity contribution is -0.115. The fourth-order valence-electron chi connectivity index (χ4n) is 3.30. The molecule has 180 valence electrons. The number of hydrogen-bond donors (Lipinski definition) is 3. The van der Waals surface area contributed by atoms with E-state index in [2.05, 4.69) is 25.3 Å². The molecule has 0 radical (unpaired) electrons. The molecule has 1 aromatic heterocycles. The first-order valence-electron chi connectivity index (χ1n) is 10.3. The minimum absolute atomic E-state index is 0.0460. The first-order chi connectivity index (χ1) is 16.8. The van der Waals surface area contributed by atoms with Crippen molar-refractivity contribution >= 4 is 28.5 Å². The second kappa shape index (κ2) is 10.2. The molecule has 0 aliphatic heterocycles. The Hall–Kier alpha value is -4.54. The van der Waals surface area contributed by atoms with Gasteiger partial charge < -0.3 is 25.1 Å². The normalized spacial score (nSPS) is 10.9. The summed E-state index contributed by atoms with van der Waals surface area (Å²) >= 11 is 0. The van der Waals surface area contributed by atoms with Crippen molar-refractivity contribution in [2.24, 2.45) is 0 Å². The summed E-state index contributed by atoms with van der Waals surface area (Å²) in [6.45, 7) is -3.37. The number of halogens is 3. The number of H-pyrrole nitrogens is 1.